The summed E-state index contributed by atoms with van der Waals surface area (Å²) >= 11 is 6.78. The van der Waals surface area contributed by atoms with E-state index in [-0.39, 0.29) is 11.2 Å². The van der Waals surface area contributed by atoms with Gasteiger partial charge in [0.1, 0.15) is 12.4 Å². The summed E-state index contributed by atoms with van der Waals surface area (Å²) in [5.41, 5.74) is 0.0442. The zero-order chi connectivity index (χ0) is 18.3. The Balaban J connectivity index is 1.88. The number of rotatable bonds is 4. The van der Waals surface area contributed by atoms with Crippen molar-refractivity contribution >= 4 is 78.9 Å². The van der Waals surface area contributed by atoms with Crippen LogP contribution in [0, 0.1) is 10.7 Å². The van der Waals surface area contributed by atoms with Gasteiger partial charge in [0, 0.05) is 17.7 Å². The lowest BCUT2D eigenvalue weighted by Crippen LogP contribution is -2.37. The van der Waals surface area contributed by atoms with Crippen LogP contribution in [0.25, 0.3) is 11.2 Å². The molecule has 2 heterocycles. The molecule has 25 heavy (non-hydrogen) atoms. The van der Waals surface area contributed by atoms with Crippen LogP contribution in [0.2, 0.25) is 0 Å². The third kappa shape index (κ3) is 3.61. The van der Waals surface area contributed by atoms with E-state index in [0.717, 1.165) is 21.0 Å². The molecule has 2 aromatic heterocycles. The minimum atomic E-state index is -0.387. The van der Waals surface area contributed by atoms with Gasteiger partial charge in [0.05, 0.1) is 20.0 Å². The summed E-state index contributed by atoms with van der Waals surface area (Å²) in [6.07, 6.45) is 1.57. The lowest BCUT2D eigenvalue weighted by Gasteiger charge is -2.12. The van der Waals surface area contributed by atoms with Crippen LogP contribution in [0.15, 0.2) is 28.0 Å². The van der Waals surface area contributed by atoms with E-state index >= 15 is 0 Å². The second kappa shape index (κ2) is 7.54. The first-order valence-corrected chi connectivity index (χ1v) is 10.4. The topological polar surface area (TPSA) is 71.0 Å². The maximum Gasteiger partial charge on any atom is 0.332 e. The van der Waals surface area contributed by atoms with Crippen LogP contribution < -0.4 is 16.0 Å². The van der Waals surface area contributed by atoms with Gasteiger partial charge in [-0.15, -0.1) is 0 Å². The first-order valence-electron chi connectivity index (χ1n) is 7.19. The predicted octanol–water partition coefficient (Wildman–Crippen LogP) is 2.33. The number of imidazole rings is 1. The highest BCUT2D eigenvalue weighted by Crippen LogP contribution is 2.29. The summed E-state index contributed by atoms with van der Waals surface area (Å²) in [5.74, 6) is 0.839. The number of aryl methyl sites for hydroxylation is 1. The number of halogens is 3. The molecule has 0 aliphatic rings. The second-order valence-corrected chi connectivity index (χ2v) is 8.93. The molecule has 0 saturated heterocycles. The van der Waals surface area contributed by atoms with Crippen molar-refractivity contribution < 1.29 is 4.74 Å². The molecule has 10 heteroatoms. The molecule has 0 fully saturated rings. The van der Waals surface area contributed by atoms with Crippen molar-refractivity contribution in [1.29, 1.82) is 0 Å². The number of hydrogen-bond donors (Lipinski definition) is 0. The quantitative estimate of drug-likeness (QED) is 0.398. The summed E-state index contributed by atoms with van der Waals surface area (Å²) in [7, 11) is 3.07. The van der Waals surface area contributed by atoms with E-state index in [1.54, 1.807) is 17.9 Å². The summed E-state index contributed by atoms with van der Waals surface area (Å²) < 4.78 is 13.4. The number of fused-ring (bicyclic) bond motifs is 1. The van der Waals surface area contributed by atoms with Gasteiger partial charge in [-0.3, -0.25) is 13.9 Å². The number of aromatic nitrogens is 4. The Hall–Kier alpha value is -0.640. The summed E-state index contributed by atoms with van der Waals surface area (Å²) in [4.78, 5) is 28.6. The van der Waals surface area contributed by atoms with E-state index in [1.807, 2.05) is 0 Å². The highest BCUT2D eigenvalue weighted by atomic mass is 127. The first kappa shape index (κ1) is 19.1. The molecule has 0 radical (unpaired) electrons. The van der Waals surface area contributed by atoms with E-state index in [9.17, 15) is 9.59 Å². The maximum atomic E-state index is 12.4. The zero-order valence-corrected chi connectivity index (χ0v) is 19.8. The molecule has 0 saturated carbocycles. The largest absolute Gasteiger partial charge is 0.490 e. The minimum absolute atomic E-state index is 0.353. The smallest absolute Gasteiger partial charge is 0.332 e. The van der Waals surface area contributed by atoms with Gasteiger partial charge in [0.2, 0.25) is 0 Å². The molecule has 0 bridgehead atoms. The van der Waals surface area contributed by atoms with Crippen molar-refractivity contribution in [3.63, 3.8) is 0 Å². The van der Waals surface area contributed by atoms with Crippen LogP contribution in [0.5, 0.6) is 5.75 Å². The predicted molar refractivity (Wildman–Crippen MR) is 120 cm³/mol. The molecule has 0 atom stereocenters. The Bertz CT molecular complexity index is 1060. The van der Waals surface area contributed by atoms with Crippen molar-refractivity contribution in [2.45, 2.75) is 6.54 Å². The fourth-order valence-electron chi connectivity index (χ4n) is 2.48. The number of ether oxygens (including phenoxy) is 1. The molecule has 0 aliphatic heterocycles. The Labute approximate surface area is 183 Å². The summed E-state index contributed by atoms with van der Waals surface area (Å²) in [6.45, 7) is 0.853. The average molecular weight is 678 g/mol. The molecule has 3 rings (SSSR count). The monoisotopic (exact) mass is 678 g/mol. The Morgan fingerprint density at radius 1 is 1.08 bits per heavy atom. The van der Waals surface area contributed by atoms with Gasteiger partial charge in [-0.1, -0.05) is 0 Å². The first-order chi connectivity index (χ1) is 11.8. The Morgan fingerprint density at radius 2 is 1.72 bits per heavy atom. The number of hydrogen-bond acceptors (Lipinski definition) is 4. The third-order valence-corrected chi connectivity index (χ3v) is 5.98. The molecule has 3 aromatic rings. The molecule has 0 aliphatic carbocycles. The van der Waals surface area contributed by atoms with Gasteiger partial charge in [0.25, 0.3) is 5.56 Å². The van der Waals surface area contributed by atoms with Crippen LogP contribution in [-0.2, 0) is 20.6 Å². The number of nitrogens with zero attached hydrogens (tertiary/aromatic N) is 4. The lowest BCUT2D eigenvalue weighted by molar-refractivity contribution is 0.296. The van der Waals surface area contributed by atoms with E-state index in [1.165, 1.54) is 11.6 Å². The summed E-state index contributed by atoms with van der Waals surface area (Å²) in [6, 6.07) is 4.10. The number of benzene rings is 1. The molecule has 0 unspecified atom stereocenters. The van der Waals surface area contributed by atoms with E-state index < -0.39 is 0 Å². The SMILES string of the molecule is Cn1c(=O)c2c(ncn2CCOc2c(I)cc(I)cc2I)n(C)c1=O. The highest BCUT2D eigenvalue weighted by Gasteiger charge is 2.14. The fraction of sp³-hybridized carbons (Fsp3) is 0.267. The maximum absolute atomic E-state index is 12.4. The van der Waals surface area contributed by atoms with Crippen LogP contribution in [0.1, 0.15) is 0 Å². The zero-order valence-electron chi connectivity index (χ0n) is 13.3. The Kier molecular flexibility index (Phi) is 5.77. The lowest BCUT2D eigenvalue weighted by atomic mass is 10.3. The van der Waals surface area contributed by atoms with Crippen LogP contribution in [-0.4, -0.2) is 25.3 Å². The summed E-state index contributed by atoms with van der Waals surface area (Å²) in [5, 5.41) is 0. The molecule has 1 aromatic carbocycles. The van der Waals surface area contributed by atoms with Gasteiger partial charge >= 0.3 is 5.69 Å². The van der Waals surface area contributed by atoms with Gasteiger partial charge in [0.15, 0.2) is 11.2 Å². The molecule has 0 spiro atoms. The molecule has 132 valence electrons. The van der Waals surface area contributed by atoms with Gasteiger partial charge in [-0.05, 0) is 79.9 Å². The van der Waals surface area contributed by atoms with Crippen molar-refractivity contribution in [2.75, 3.05) is 6.61 Å². The van der Waals surface area contributed by atoms with Crippen molar-refractivity contribution in [3.8, 4) is 5.75 Å². The van der Waals surface area contributed by atoms with Gasteiger partial charge in [-0.2, -0.15) is 0 Å². The Morgan fingerprint density at radius 3 is 2.36 bits per heavy atom. The minimum Gasteiger partial charge on any atom is -0.490 e. The molecule has 0 amide bonds. The van der Waals surface area contributed by atoms with Crippen LogP contribution in [0.4, 0.5) is 0 Å². The molecular formula is C15H13I3N4O3. The second-order valence-electron chi connectivity index (χ2n) is 5.36. The van der Waals surface area contributed by atoms with Crippen molar-refractivity contribution in [3.05, 3.63) is 50.0 Å². The van der Waals surface area contributed by atoms with E-state index in [2.05, 4.69) is 84.9 Å². The molecule has 0 N–H and O–H groups in total. The average Bonchev–Trinajstić information content (AvgIpc) is 2.97. The standard InChI is InChI=1S/C15H13I3N4O3/c1-20-13-11(14(23)21(2)15(20)24)22(7-19-13)3-4-25-12-9(17)5-8(16)6-10(12)18/h5-7H,3-4H2,1-2H3. The van der Waals surface area contributed by atoms with E-state index in [0.29, 0.717) is 24.3 Å². The van der Waals surface area contributed by atoms with Crippen LogP contribution >= 0.6 is 67.8 Å². The van der Waals surface area contributed by atoms with Gasteiger partial charge in [-0.25, -0.2) is 9.78 Å². The van der Waals surface area contributed by atoms with E-state index in [4.69, 9.17) is 4.74 Å². The van der Waals surface area contributed by atoms with Crippen molar-refractivity contribution in [1.82, 2.24) is 18.7 Å². The van der Waals surface area contributed by atoms with Crippen molar-refractivity contribution in [2.24, 2.45) is 14.1 Å². The molecular weight excluding hydrogens is 665 g/mol. The molecule has 7 nitrogen and oxygen atoms in total. The highest BCUT2D eigenvalue weighted by molar-refractivity contribution is 14.1. The fourth-order valence-corrected chi connectivity index (χ4v) is 6.37. The van der Waals surface area contributed by atoms with Crippen LogP contribution in [0.3, 0.4) is 0 Å². The third-order valence-electron chi connectivity index (χ3n) is 3.76. The van der Waals surface area contributed by atoms with Gasteiger partial charge < -0.3 is 9.30 Å². The normalized spacial score (nSPS) is 11.2.